The van der Waals surface area contributed by atoms with Crippen LogP contribution in [0.4, 0.5) is 5.69 Å². The van der Waals surface area contributed by atoms with Crippen molar-refractivity contribution in [2.24, 2.45) is 4.99 Å². The summed E-state index contributed by atoms with van der Waals surface area (Å²) >= 11 is 1.15. The summed E-state index contributed by atoms with van der Waals surface area (Å²) in [5, 5.41) is 11.1. The maximum atomic E-state index is 12.8. The number of nitro benzene ring substituents is 1. The van der Waals surface area contributed by atoms with E-state index in [4.69, 9.17) is 9.47 Å². The van der Waals surface area contributed by atoms with Crippen LogP contribution in [0.3, 0.4) is 0 Å². The van der Waals surface area contributed by atoms with Crippen molar-refractivity contribution in [2.45, 2.75) is 26.3 Å². The summed E-state index contributed by atoms with van der Waals surface area (Å²) in [5.41, 5.74) is 0.633. The Labute approximate surface area is 181 Å². The average Bonchev–Trinajstić information content (AvgIpc) is 3.10. The number of unbranched alkanes of at least 4 members (excludes halogenated alkanes) is 1. The summed E-state index contributed by atoms with van der Waals surface area (Å²) < 4.78 is 12.5. The molecule has 0 atom stereocenters. The highest BCUT2D eigenvalue weighted by molar-refractivity contribution is 7.16. The van der Waals surface area contributed by atoms with E-state index >= 15 is 0 Å². The summed E-state index contributed by atoms with van der Waals surface area (Å²) in [6.07, 6.45) is 1.91. The van der Waals surface area contributed by atoms with Gasteiger partial charge in [-0.15, -0.1) is 0 Å². The molecule has 0 saturated carbocycles. The van der Waals surface area contributed by atoms with Crippen LogP contribution in [0.25, 0.3) is 10.2 Å². The first-order valence-corrected chi connectivity index (χ1v) is 10.4. The van der Waals surface area contributed by atoms with E-state index in [1.807, 2.05) is 0 Å². The predicted octanol–water partition coefficient (Wildman–Crippen LogP) is 3.70. The molecule has 0 N–H and O–H groups in total. The predicted molar refractivity (Wildman–Crippen MR) is 115 cm³/mol. The van der Waals surface area contributed by atoms with Crippen molar-refractivity contribution in [1.82, 2.24) is 4.57 Å². The first kappa shape index (κ1) is 22.2. The summed E-state index contributed by atoms with van der Waals surface area (Å²) in [6, 6.07) is 11.0. The first-order chi connectivity index (χ1) is 14.9. The normalized spacial score (nSPS) is 11.5. The molecule has 0 aliphatic carbocycles. The fourth-order valence-corrected chi connectivity index (χ4v) is 3.82. The molecule has 1 aromatic heterocycles. The fourth-order valence-electron chi connectivity index (χ4n) is 2.81. The third-order valence-electron chi connectivity index (χ3n) is 4.44. The van der Waals surface area contributed by atoms with Crippen molar-refractivity contribution in [3.63, 3.8) is 0 Å². The van der Waals surface area contributed by atoms with Gasteiger partial charge in [0.1, 0.15) is 12.3 Å². The highest BCUT2D eigenvalue weighted by atomic mass is 32.1. The molecular formula is C21H21N3O6S. The molecule has 3 aromatic rings. The van der Waals surface area contributed by atoms with Crippen LogP contribution >= 0.6 is 11.3 Å². The summed E-state index contributed by atoms with van der Waals surface area (Å²) in [7, 11) is 1.24. The lowest BCUT2D eigenvalue weighted by Crippen LogP contribution is -2.22. The van der Waals surface area contributed by atoms with E-state index in [9.17, 15) is 19.7 Å². The van der Waals surface area contributed by atoms with Crippen molar-refractivity contribution in [3.05, 3.63) is 62.9 Å². The van der Waals surface area contributed by atoms with Crippen molar-refractivity contribution >= 4 is 39.1 Å². The molecule has 9 nitrogen and oxygen atoms in total. The number of carbonyl (C=O) groups is 2. The number of nitro groups is 1. The van der Waals surface area contributed by atoms with Gasteiger partial charge in [0.25, 0.3) is 11.6 Å². The van der Waals surface area contributed by atoms with Crippen LogP contribution in [0, 0.1) is 10.1 Å². The number of methoxy groups -OCH3 is 1. The molecule has 1 heterocycles. The Morgan fingerprint density at radius 1 is 1.23 bits per heavy atom. The first-order valence-electron chi connectivity index (χ1n) is 9.59. The second-order valence-electron chi connectivity index (χ2n) is 6.60. The van der Waals surface area contributed by atoms with Crippen LogP contribution in [-0.4, -0.2) is 35.1 Å². The van der Waals surface area contributed by atoms with Gasteiger partial charge in [-0.05, 0) is 30.7 Å². The highest BCUT2D eigenvalue weighted by Crippen LogP contribution is 2.23. The summed E-state index contributed by atoms with van der Waals surface area (Å²) in [4.78, 5) is 39.7. The number of benzene rings is 2. The summed E-state index contributed by atoms with van der Waals surface area (Å²) in [6.45, 7) is 2.38. The molecule has 1 amide bonds. The number of hydrogen-bond acceptors (Lipinski definition) is 7. The SMILES string of the molecule is CCCCOc1cccc(C(=O)N=c2sc3ccc([N+](=O)[O-])cc3n2CC(=O)OC)c1. The lowest BCUT2D eigenvalue weighted by Gasteiger charge is -2.06. The Kier molecular flexibility index (Phi) is 7.14. The minimum Gasteiger partial charge on any atom is -0.494 e. The third kappa shape index (κ3) is 5.34. The number of non-ortho nitro benzene ring substituents is 1. The second kappa shape index (κ2) is 9.98. The quantitative estimate of drug-likeness (QED) is 0.227. The molecule has 0 radical (unpaired) electrons. The van der Waals surface area contributed by atoms with E-state index in [1.165, 1.54) is 23.8 Å². The maximum absolute atomic E-state index is 12.8. The van der Waals surface area contributed by atoms with Crippen molar-refractivity contribution in [3.8, 4) is 5.75 Å². The van der Waals surface area contributed by atoms with E-state index in [2.05, 4.69) is 11.9 Å². The van der Waals surface area contributed by atoms with Gasteiger partial charge in [0, 0.05) is 17.7 Å². The van der Waals surface area contributed by atoms with E-state index < -0.39 is 16.8 Å². The zero-order chi connectivity index (χ0) is 22.4. The number of hydrogen-bond donors (Lipinski definition) is 0. The number of rotatable bonds is 8. The van der Waals surface area contributed by atoms with E-state index in [0.29, 0.717) is 28.1 Å². The molecule has 0 spiro atoms. The van der Waals surface area contributed by atoms with Gasteiger partial charge in [-0.3, -0.25) is 19.7 Å². The monoisotopic (exact) mass is 443 g/mol. The minimum absolute atomic E-state index is 0.126. The van der Waals surface area contributed by atoms with Crippen molar-refractivity contribution in [1.29, 1.82) is 0 Å². The molecule has 0 fully saturated rings. The number of carbonyl (C=O) groups excluding carboxylic acids is 2. The molecule has 2 aromatic carbocycles. The van der Waals surface area contributed by atoms with Gasteiger partial charge in [0.15, 0.2) is 4.80 Å². The number of esters is 1. The highest BCUT2D eigenvalue weighted by Gasteiger charge is 2.16. The van der Waals surface area contributed by atoms with Gasteiger partial charge in [-0.25, -0.2) is 0 Å². The Balaban J connectivity index is 2.03. The molecule has 10 heteroatoms. The lowest BCUT2D eigenvalue weighted by atomic mass is 10.2. The van der Waals surface area contributed by atoms with Crippen LogP contribution in [0.1, 0.15) is 30.1 Å². The molecule has 31 heavy (non-hydrogen) atoms. The number of nitrogens with zero attached hydrogens (tertiary/aromatic N) is 3. The van der Waals surface area contributed by atoms with Gasteiger partial charge < -0.3 is 14.0 Å². The van der Waals surface area contributed by atoms with Crippen LogP contribution in [0.2, 0.25) is 0 Å². The number of thiazole rings is 1. The van der Waals surface area contributed by atoms with E-state index in [1.54, 1.807) is 30.3 Å². The number of fused-ring (bicyclic) bond motifs is 1. The molecule has 0 aliphatic heterocycles. The standard InChI is InChI=1S/C21H21N3O6S/c1-3-4-10-30-16-7-5-6-14(11-16)20(26)22-21-23(13-19(25)29-2)17-12-15(24(27)28)8-9-18(17)31-21/h5-9,11-12H,3-4,10,13H2,1-2H3. The zero-order valence-corrected chi connectivity index (χ0v) is 17.9. The largest absolute Gasteiger partial charge is 0.494 e. The van der Waals surface area contributed by atoms with Crippen LogP contribution in [0.5, 0.6) is 5.75 Å². The minimum atomic E-state index is -0.563. The van der Waals surface area contributed by atoms with Gasteiger partial charge in [-0.2, -0.15) is 4.99 Å². The van der Waals surface area contributed by atoms with Gasteiger partial charge in [-0.1, -0.05) is 30.7 Å². The van der Waals surface area contributed by atoms with E-state index in [-0.39, 0.29) is 17.0 Å². The Bertz CT molecular complexity index is 1200. The number of aromatic nitrogens is 1. The topological polar surface area (TPSA) is 113 Å². The zero-order valence-electron chi connectivity index (χ0n) is 17.1. The molecule has 0 bridgehead atoms. The van der Waals surface area contributed by atoms with E-state index in [0.717, 1.165) is 24.2 Å². The van der Waals surface area contributed by atoms with Crippen LogP contribution in [-0.2, 0) is 16.1 Å². The van der Waals surface area contributed by atoms with Crippen LogP contribution in [0.15, 0.2) is 47.5 Å². The number of amides is 1. The Hall–Kier alpha value is -3.53. The van der Waals surface area contributed by atoms with Crippen molar-refractivity contribution < 1.29 is 24.0 Å². The number of ether oxygens (including phenoxy) is 2. The third-order valence-corrected chi connectivity index (χ3v) is 5.50. The van der Waals surface area contributed by atoms with Gasteiger partial charge >= 0.3 is 5.97 Å². The average molecular weight is 443 g/mol. The second-order valence-corrected chi connectivity index (χ2v) is 7.61. The Morgan fingerprint density at radius 3 is 2.74 bits per heavy atom. The molecule has 0 unspecified atom stereocenters. The smallest absolute Gasteiger partial charge is 0.325 e. The lowest BCUT2D eigenvalue weighted by molar-refractivity contribution is -0.384. The van der Waals surface area contributed by atoms with Gasteiger partial charge in [0.05, 0.1) is 28.9 Å². The van der Waals surface area contributed by atoms with Crippen LogP contribution < -0.4 is 9.54 Å². The van der Waals surface area contributed by atoms with Crippen molar-refractivity contribution in [2.75, 3.05) is 13.7 Å². The molecular weight excluding hydrogens is 422 g/mol. The fraction of sp³-hybridized carbons (Fsp3) is 0.286. The van der Waals surface area contributed by atoms with Gasteiger partial charge in [0.2, 0.25) is 0 Å². The Morgan fingerprint density at radius 2 is 2.03 bits per heavy atom. The molecule has 3 rings (SSSR count). The molecule has 162 valence electrons. The molecule has 0 aliphatic rings. The maximum Gasteiger partial charge on any atom is 0.325 e. The molecule has 0 saturated heterocycles. The summed E-state index contributed by atoms with van der Waals surface area (Å²) in [5.74, 6) is -0.504.